The highest BCUT2D eigenvalue weighted by Gasteiger charge is 2.31. The highest BCUT2D eigenvalue weighted by atomic mass is 32.2. The van der Waals surface area contributed by atoms with Crippen molar-refractivity contribution in [2.75, 3.05) is 28.6 Å². The van der Waals surface area contributed by atoms with Gasteiger partial charge in [0, 0.05) is 28.1 Å². The van der Waals surface area contributed by atoms with E-state index in [0.717, 1.165) is 44.5 Å². The Morgan fingerprint density at radius 1 is 1.17 bits per heavy atom. The Kier molecular flexibility index (Phi) is 4.64. The van der Waals surface area contributed by atoms with Crippen molar-refractivity contribution in [2.24, 2.45) is 0 Å². The molecule has 0 radical (unpaired) electrons. The van der Waals surface area contributed by atoms with Crippen molar-refractivity contribution in [3.63, 3.8) is 0 Å². The molecular formula is C22H19N3O2S2. The lowest BCUT2D eigenvalue weighted by Gasteiger charge is -2.30. The third-order valence-corrected chi connectivity index (χ3v) is 7.11. The first-order chi connectivity index (χ1) is 14.1. The number of amides is 2. The maximum atomic E-state index is 13.1. The van der Waals surface area contributed by atoms with Gasteiger partial charge < -0.3 is 9.80 Å². The fourth-order valence-electron chi connectivity index (χ4n) is 3.86. The number of aromatic nitrogens is 1. The molecule has 7 heteroatoms. The first-order valence-electron chi connectivity index (χ1n) is 9.48. The van der Waals surface area contributed by atoms with Gasteiger partial charge in [0.1, 0.15) is 6.54 Å². The van der Waals surface area contributed by atoms with Crippen molar-refractivity contribution in [1.82, 2.24) is 4.98 Å². The molecule has 0 atom stereocenters. The zero-order valence-corrected chi connectivity index (χ0v) is 17.6. The van der Waals surface area contributed by atoms with Crippen LogP contribution in [0.2, 0.25) is 0 Å². The molecule has 2 aliphatic rings. The van der Waals surface area contributed by atoms with Crippen LogP contribution in [0.25, 0.3) is 11.3 Å². The number of benzene rings is 2. The van der Waals surface area contributed by atoms with Gasteiger partial charge in [-0.2, -0.15) is 0 Å². The summed E-state index contributed by atoms with van der Waals surface area (Å²) in [6, 6.07) is 13.9. The Labute approximate surface area is 177 Å². The molecule has 29 heavy (non-hydrogen) atoms. The number of rotatable bonds is 3. The number of thiazole rings is 1. The molecule has 2 amide bonds. The van der Waals surface area contributed by atoms with Gasteiger partial charge in [-0.3, -0.25) is 9.59 Å². The molecule has 0 bridgehead atoms. The topological polar surface area (TPSA) is 53.5 Å². The third kappa shape index (κ3) is 3.34. The number of fused-ring (bicyclic) bond motifs is 2. The maximum absolute atomic E-state index is 13.1. The number of anilines is 2. The minimum Gasteiger partial charge on any atom is -0.310 e. The van der Waals surface area contributed by atoms with Gasteiger partial charge in [0.05, 0.1) is 22.1 Å². The molecule has 0 fully saturated rings. The summed E-state index contributed by atoms with van der Waals surface area (Å²) in [7, 11) is 0. The molecule has 2 aliphatic heterocycles. The van der Waals surface area contributed by atoms with Crippen LogP contribution in [0.4, 0.5) is 11.4 Å². The van der Waals surface area contributed by atoms with E-state index in [-0.39, 0.29) is 18.4 Å². The van der Waals surface area contributed by atoms with Gasteiger partial charge in [0.15, 0.2) is 0 Å². The highest BCUT2D eigenvalue weighted by Crippen LogP contribution is 2.36. The van der Waals surface area contributed by atoms with Crippen molar-refractivity contribution >= 4 is 46.3 Å². The Balaban J connectivity index is 1.38. The maximum Gasteiger partial charge on any atom is 0.247 e. The number of carbonyl (C=O) groups is 2. The number of aryl methyl sites for hydroxylation is 1. The Bertz CT molecular complexity index is 1120. The SMILES string of the molecule is Cc1nc(-c2ccc3c(c2)CCN3C(=O)CN2C(=O)CSc3ccccc32)cs1. The number of carbonyl (C=O) groups excluding carboxylic acids is 2. The van der Waals surface area contributed by atoms with Gasteiger partial charge in [0.25, 0.3) is 0 Å². The van der Waals surface area contributed by atoms with Gasteiger partial charge >= 0.3 is 0 Å². The van der Waals surface area contributed by atoms with E-state index in [1.54, 1.807) is 16.2 Å². The predicted octanol–water partition coefficient (Wildman–Crippen LogP) is 4.15. The van der Waals surface area contributed by atoms with E-state index in [2.05, 4.69) is 16.4 Å². The van der Waals surface area contributed by atoms with Crippen LogP contribution >= 0.6 is 23.1 Å². The molecule has 0 aliphatic carbocycles. The largest absolute Gasteiger partial charge is 0.310 e. The van der Waals surface area contributed by atoms with E-state index in [0.29, 0.717) is 12.3 Å². The molecule has 5 rings (SSSR count). The summed E-state index contributed by atoms with van der Waals surface area (Å²) < 4.78 is 0. The molecule has 5 nitrogen and oxygen atoms in total. The number of thioether (sulfide) groups is 1. The zero-order chi connectivity index (χ0) is 20.0. The van der Waals surface area contributed by atoms with E-state index in [1.165, 1.54) is 11.8 Å². The predicted molar refractivity (Wildman–Crippen MR) is 118 cm³/mol. The molecule has 0 N–H and O–H groups in total. The molecule has 1 aromatic heterocycles. The molecule has 3 aromatic rings. The summed E-state index contributed by atoms with van der Waals surface area (Å²) in [5, 5.41) is 3.11. The zero-order valence-electron chi connectivity index (χ0n) is 15.9. The van der Waals surface area contributed by atoms with Gasteiger partial charge in [0.2, 0.25) is 11.8 Å². The number of hydrogen-bond donors (Lipinski definition) is 0. The minimum atomic E-state index is -0.0453. The number of hydrogen-bond acceptors (Lipinski definition) is 5. The van der Waals surface area contributed by atoms with E-state index >= 15 is 0 Å². The van der Waals surface area contributed by atoms with Crippen molar-refractivity contribution < 1.29 is 9.59 Å². The second kappa shape index (κ2) is 7.31. The monoisotopic (exact) mass is 421 g/mol. The summed E-state index contributed by atoms with van der Waals surface area (Å²) >= 11 is 3.17. The van der Waals surface area contributed by atoms with Gasteiger partial charge in [-0.25, -0.2) is 4.98 Å². The number of para-hydroxylation sites is 1. The van der Waals surface area contributed by atoms with E-state index in [1.807, 2.05) is 48.2 Å². The normalized spacial score (nSPS) is 15.4. The lowest BCUT2D eigenvalue weighted by molar-refractivity contribution is -0.121. The second-order valence-corrected chi connectivity index (χ2v) is 9.21. The standard InChI is InChI=1S/C22H19N3O2S2/c1-14-23-17(12-28-14)15-6-7-18-16(10-15)8-9-24(18)21(26)11-25-19-4-2-3-5-20(19)29-13-22(25)27/h2-7,10,12H,8-9,11,13H2,1H3. The van der Waals surface area contributed by atoms with Gasteiger partial charge in [-0.1, -0.05) is 18.2 Å². The van der Waals surface area contributed by atoms with Crippen molar-refractivity contribution in [2.45, 2.75) is 18.2 Å². The van der Waals surface area contributed by atoms with E-state index in [4.69, 9.17) is 0 Å². The van der Waals surface area contributed by atoms with Crippen LogP contribution in [0.3, 0.4) is 0 Å². The summed E-state index contributed by atoms with van der Waals surface area (Å²) in [5.74, 6) is 0.309. The first-order valence-corrected chi connectivity index (χ1v) is 11.3. The molecule has 2 aromatic carbocycles. The average molecular weight is 422 g/mol. The quantitative estimate of drug-likeness (QED) is 0.638. The Morgan fingerprint density at radius 3 is 2.86 bits per heavy atom. The molecule has 0 unspecified atom stereocenters. The molecule has 0 saturated heterocycles. The van der Waals surface area contributed by atoms with Gasteiger partial charge in [-0.05, 0) is 43.2 Å². The number of nitrogens with zero attached hydrogens (tertiary/aromatic N) is 3. The third-order valence-electron chi connectivity index (χ3n) is 5.29. The fraction of sp³-hybridized carbons (Fsp3) is 0.227. The molecule has 146 valence electrons. The smallest absolute Gasteiger partial charge is 0.247 e. The van der Waals surface area contributed by atoms with E-state index in [9.17, 15) is 9.59 Å². The van der Waals surface area contributed by atoms with Crippen LogP contribution in [-0.2, 0) is 16.0 Å². The average Bonchev–Trinajstić information content (AvgIpc) is 3.36. The Morgan fingerprint density at radius 2 is 2.03 bits per heavy atom. The van der Waals surface area contributed by atoms with Crippen LogP contribution < -0.4 is 9.80 Å². The van der Waals surface area contributed by atoms with Crippen molar-refractivity contribution in [1.29, 1.82) is 0 Å². The summed E-state index contributed by atoms with van der Waals surface area (Å²) in [4.78, 5) is 34.6. The lowest BCUT2D eigenvalue weighted by Crippen LogP contribution is -2.44. The van der Waals surface area contributed by atoms with Crippen molar-refractivity contribution in [3.05, 3.63) is 58.4 Å². The van der Waals surface area contributed by atoms with Crippen LogP contribution in [0, 0.1) is 6.92 Å². The minimum absolute atomic E-state index is 0.0179. The second-order valence-electron chi connectivity index (χ2n) is 7.13. The fourth-order valence-corrected chi connectivity index (χ4v) is 5.42. The summed E-state index contributed by atoms with van der Waals surface area (Å²) in [5.41, 5.74) is 4.99. The lowest BCUT2D eigenvalue weighted by atomic mass is 10.1. The van der Waals surface area contributed by atoms with Crippen LogP contribution in [0.5, 0.6) is 0 Å². The molecule has 3 heterocycles. The van der Waals surface area contributed by atoms with Crippen LogP contribution in [-0.4, -0.2) is 35.6 Å². The van der Waals surface area contributed by atoms with Gasteiger partial charge in [-0.15, -0.1) is 23.1 Å². The first kappa shape index (κ1) is 18.4. The van der Waals surface area contributed by atoms with E-state index < -0.39 is 0 Å². The molecular weight excluding hydrogens is 402 g/mol. The Hall–Kier alpha value is -2.64. The van der Waals surface area contributed by atoms with Crippen molar-refractivity contribution in [3.8, 4) is 11.3 Å². The highest BCUT2D eigenvalue weighted by molar-refractivity contribution is 8.00. The summed E-state index contributed by atoms with van der Waals surface area (Å²) in [6.45, 7) is 2.72. The summed E-state index contributed by atoms with van der Waals surface area (Å²) in [6.07, 6.45) is 0.818. The molecule has 0 saturated carbocycles. The molecule has 0 spiro atoms. The van der Waals surface area contributed by atoms with Crippen LogP contribution in [0.1, 0.15) is 10.6 Å². The van der Waals surface area contributed by atoms with Crippen LogP contribution in [0.15, 0.2) is 52.7 Å².